The molecule has 0 heterocycles. The molecule has 2 aliphatic rings. The summed E-state index contributed by atoms with van der Waals surface area (Å²) in [6.07, 6.45) is 4.43. The molecule has 2 aliphatic carbocycles. The Bertz CT molecular complexity index is 415. The Balaban J connectivity index is 2.27. The van der Waals surface area contributed by atoms with E-state index in [0.29, 0.717) is 31.2 Å². The molecule has 0 amide bonds. The van der Waals surface area contributed by atoms with Crippen LogP contribution in [-0.4, -0.2) is 33.6 Å². The molecule has 0 spiro atoms. The predicted octanol–water partition coefficient (Wildman–Crippen LogP) is 3.02. The highest BCUT2D eigenvalue weighted by atomic mass is 16.7. The summed E-state index contributed by atoms with van der Waals surface area (Å²) in [7, 11) is 3.10. The molecule has 0 radical (unpaired) electrons. The number of rotatable bonds is 6. The Morgan fingerprint density at radius 1 is 1.43 bits per heavy atom. The summed E-state index contributed by atoms with van der Waals surface area (Å²) in [5, 5.41) is 0. The van der Waals surface area contributed by atoms with Crippen molar-refractivity contribution >= 4 is 5.97 Å². The Hall–Kier alpha value is -0.870. The first-order valence-electron chi connectivity index (χ1n) is 7.82. The summed E-state index contributed by atoms with van der Waals surface area (Å²) < 4.78 is 15.7. The van der Waals surface area contributed by atoms with Gasteiger partial charge in [-0.3, -0.25) is 0 Å². The first kappa shape index (κ1) is 16.5. The molecule has 2 rings (SSSR count). The largest absolute Gasteiger partial charge is 0.466 e. The van der Waals surface area contributed by atoms with Crippen molar-refractivity contribution < 1.29 is 19.0 Å². The van der Waals surface area contributed by atoms with Gasteiger partial charge in [0.15, 0.2) is 0 Å². The number of carbonyl (C=O) groups excluding carboxylic acids is 1. The van der Waals surface area contributed by atoms with E-state index >= 15 is 0 Å². The lowest BCUT2D eigenvalue weighted by molar-refractivity contribution is -0.137. The minimum Gasteiger partial charge on any atom is -0.466 e. The second kappa shape index (κ2) is 6.49. The van der Waals surface area contributed by atoms with Crippen LogP contribution in [-0.2, 0) is 19.0 Å². The van der Waals surface area contributed by atoms with Gasteiger partial charge in [-0.25, -0.2) is 4.79 Å². The minimum atomic E-state index is -0.173. The quantitative estimate of drug-likeness (QED) is 0.429. The van der Waals surface area contributed by atoms with Crippen LogP contribution in [0.25, 0.3) is 0 Å². The van der Waals surface area contributed by atoms with Crippen molar-refractivity contribution in [3.8, 4) is 0 Å². The number of fused-ring (bicyclic) bond motifs is 2. The molecule has 0 N–H and O–H groups in total. The van der Waals surface area contributed by atoms with Crippen molar-refractivity contribution in [1.82, 2.24) is 0 Å². The van der Waals surface area contributed by atoms with Gasteiger partial charge in [0.2, 0.25) is 0 Å². The fourth-order valence-electron chi connectivity index (χ4n) is 4.24. The minimum absolute atomic E-state index is 0.0350. The zero-order valence-electron chi connectivity index (χ0n) is 13.8. The Morgan fingerprint density at radius 3 is 2.71 bits per heavy atom. The van der Waals surface area contributed by atoms with E-state index in [9.17, 15) is 4.79 Å². The number of hydrogen-bond acceptors (Lipinski definition) is 4. The summed E-state index contributed by atoms with van der Waals surface area (Å²) in [6, 6.07) is 0. The normalized spacial score (nSPS) is 35.0. The van der Waals surface area contributed by atoms with E-state index in [1.54, 1.807) is 7.11 Å². The highest BCUT2D eigenvalue weighted by molar-refractivity contribution is 5.90. The van der Waals surface area contributed by atoms with Crippen LogP contribution in [0.1, 0.15) is 33.6 Å². The number of allylic oxidation sites excluding steroid dienone is 1. The van der Waals surface area contributed by atoms with Crippen LogP contribution < -0.4 is 0 Å². The number of esters is 1. The van der Waals surface area contributed by atoms with E-state index in [1.165, 1.54) is 7.11 Å². The van der Waals surface area contributed by atoms with Gasteiger partial charge in [-0.05, 0) is 41.9 Å². The highest BCUT2D eigenvalue weighted by Gasteiger charge is 2.54. The van der Waals surface area contributed by atoms with E-state index in [2.05, 4.69) is 26.8 Å². The molecular weight excluding hydrogens is 268 g/mol. The van der Waals surface area contributed by atoms with Crippen LogP contribution in [0.15, 0.2) is 11.6 Å². The molecular formula is C17H28O4. The van der Waals surface area contributed by atoms with E-state index in [-0.39, 0.29) is 17.3 Å². The molecule has 0 unspecified atom stereocenters. The smallest absolute Gasteiger partial charge is 0.333 e. The van der Waals surface area contributed by atoms with E-state index in [4.69, 9.17) is 14.2 Å². The maximum Gasteiger partial charge on any atom is 0.333 e. The Labute approximate surface area is 127 Å². The third-order valence-corrected chi connectivity index (χ3v) is 5.38. The van der Waals surface area contributed by atoms with Gasteiger partial charge in [-0.15, -0.1) is 0 Å². The zero-order valence-corrected chi connectivity index (χ0v) is 13.8. The van der Waals surface area contributed by atoms with Crippen molar-refractivity contribution in [2.24, 2.45) is 29.1 Å². The second-order valence-corrected chi connectivity index (χ2v) is 6.95. The fourth-order valence-corrected chi connectivity index (χ4v) is 4.24. The predicted molar refractivity (Wildman–Crippen MR) is 80.6 cm³/mol. The van der Waals surface area contributed by atoms with Gasteiger partial charge in [-0.2, -0.15) is 0 Å². The van der Waals surface area contributed by atoms with Crippen molar-refractivity contribution in [2.75, 3.05) is 27.6 Å². The molecule has 0 aromatic heterocycles. The van der Waals surface area contributed by atoms with Crippen molar-refractivity contribution in [3.05, 3.63) is 11.6 Å². The average Bonchev–Trinajstić information content (AvgIpc) is 2.63. The van der Waals surface area contributed by atoms with Crippen molar-refractivity contribution in [2.45, 2.75) is 33.6 Å². The lowest BCUT2D eigenvalue weighted by atomic mass is 9.61. The fraction of sp³-hybridized carbons (Fsp3) is 0.824. The average molecular weight is 296 g/mol. The number of ether oxygens (including phenoxy) is 3. The van der Waals surface area contributed by atoms with Crippen LogP contribution in [0.4, 0.5) is 0 Å². The number of hydrogen-bond donors (Lipinski definition) is 0. The van der Waals surface area contributed by atoms with E-state index in [1.807, 2.05) is 0 Å². The Morgan fingerprint density at radius 2 is 2.14 bits per heavy atom. The highest BCUT2D eigenvalue weighted by Crippen LogP contribution is 2.58. The monoisotopic (exact) mass is 296 g/mol. The maximum absolute atomic E-state index is 12.2. The van der Waals surface area contributed by atoms with Crippen LogP contribution in [0, 0.1) is 29.1 Å². The van der Waals surface area contributed by atoms with Crippen LogP contribution >= 0.6 is 0 Å². The first-order valence-corrected chi connectivity index (χ1v) is 7.82. The van der Waals surface area contributed by atoms with Gasteiger partial charge in [0.25, 0.3) is 0 Å². The molecule has 0 aliphatic heterocycles. The molecule has 1 saturated carbocycles. The molecule has 0 aromatic carbocycles. The van der Waals surface area contributed by atoms with Crippen LogP contribution in [0.3, 0.4) is 0 Å². The molecule has 4 atom stereocenters. The lowest BCUT2D eigenvalue weighted by Crippen LogP contribution is -2.41. The van der Waals surface area contributed by atoms with Gasteiger partial charge in [0, 0.05) is 12.7 Å². The molecule has 0 saturated heterocycles. The number of carbonyl (C=O) groups is 1. The zero-order chi connectivity index (χ0) is 15.6. The maximum atomic E-state index is 12.2. The van der Waals surface area contributed by atoms with Gasteiger partial charge < -0.3 is 14.2 Å². The third kappa shape index (κ3) is 3.02. The SMILES string of the molecule is COCOC[C@@H]1[C@@H]2C(C(=O)OC)=C[C@@]1(C)CC[C@H]2C(C)C. The summed E-state index contributed by atoms with van der Waals surface area (Å²) in [5.41, 5.74) is 0.898. The van der Waals surface area contributed by atoms with Crippen molar-refractivity contribution in [3.63, 3.8) is 0 Å². The second-order valence-electron chi connectivity index (χ2n) is 6.95. The summed E-state index contributed by atoms with van der Waals surface area (Å²) in [6.45, 7) is 7.67. The standard InChI is InChI=1S/C17H28O4/c1-11(2)12-6-7-17(3)8-13(16(18)20-5)15(12)14(17)9-21-10-19-4/h8,11-12,14-15H,6-7,9-10H2,1-5H3/t12-,14+,15-,17+/m0/s1. The molecule has 1 fully saturated rings. The summed E-state index contributed by atoms with van der Waals surface area (Å²) in [5.74, 6) is 1.47. The molecule has 0 aromatic rings. The van der Waals surface area contributed by atoms with Gasteiger partial charge in [0.05, 0.1) is 13.7 Å². The lowest BCUT2D eigenvalue weighted by Gasteiger charge is -2.44. The topological polar surface area (TPSA) is 44.8 Å². The molecule has 4 heteroatoms. The summed E-state index contributed by atoms with van der Waals surface area (Å²) >= 11 is 0. The molecule has 2 bridgehead atoms. The van der Waals surface area contributed by atoms with Crippen LogP contribution in [0.2, 0.25) is 0 Å². The molecule has 120 valence electrons. The van der Waals surface area contributed by atoms with Gasteiger partial charge >= 0.3 is 5.97 Å². The van der Waals surface area contributed by atoms with Crippen LogP contribution in [0.5, 0.6) is 0 Å². The van der Waals surface area contributed by atoms with Gasteiger partial charge in [-0.1, -0.05) is 26.8 Å². The van der Waals surface area contributed by atoms with E-state index < -0.39 is 0 Å². The molecule has 21 heavy (non-hydrogen) atoms. The van der Waals surface area contributed by atoms with Crippen molar-refractivity contribution in [1.29, 1.82) is 0 Å². The summed E-state index contributed by atoms with van der Waals surface area (Å²) in [4.78, 5) is 12.2. The number of methoxy groups -OCH3 is 2. The third-order valence-electron chi connectivity index (χ3n) is 5.38. The van der Waals surface area contributed by atoms with Gasteiger partial charge in [0.1, 0.15) is 6.79 Å². The Kier molecular flexibility index (Phi) is 5.10. The van der Waals surface area contributed by atoms with E-state index in [0.717, 1.165) is 18.4 Å². The first-order chi connectivity index (χ1) is 9.94. The molecule has 4 nitrogen and oxygen atoms in total.